The van der Waals surface area contributed by atoms with Crippen LogP contribution in [0.1, 0.15) is 51.4 Å². The van der Waals surface area contributed by atoms with Crippen molar-refractivity contribution in [3.8, 4) is 0 Å². The number of nitrogens with zero attached hydrogens (tertiary/aromatic N) is 1. The molecule has 1 heterocycles. The van der Waals surface area contributed by atoms with Gasteiger partial charge >= 0.3 is 0 Å². The summed E-state index contributed by atoms with van der Waals surface area (Å²) >= 11 is 0. The first-order valence-electron chi connectivity index (χ1n) is 7.76. The number of ether oxygens (including phenoxy) is 1. The summed E-state index contributed by atoms with van der Waals surface area (Å²) in [6.07, 6.45) is 9.62. The van der Waals surface area contributed by atoms with Crippen molar-refractivity contribution in [2.24, 2.45) is 0 Å². The summed E-state index contributed by atoms with van der Waals surface area (Å²) in [4.78, 5) is 14.6. The standard InChI is InChI=1S/C15H28N2O2/c1-19-13-15(8-4-5-9-15)16-14(18)12-17-10-6-2-3-7-11-17/h2-13H2,1H3,(H,16,18). The summed E-state index contributed by atoms with van der Waals surface area (Å²) in [6.45, 7) is 3.36. The number of hydrogen-bond acceptors (Lipinski definition) is 3. The van der Waals surface area contributed by atoms with Gasteiger partial charge in [0.25, 0.3) is 0 Å². The first-order valence-corrected chi connectivity index (χ1v) is 7.76. The zero-order valence-corrected chi connectivity index (χ0v) is 12.2. The fraction of sp³-hybridized carbons (Fsp3) is 0.933. The van der Waals surface area contributed by atoms with E-state index in [0.717, 1.165) is 25.9 Å². The quantitative estimate of drug-likeness (QED) is 0.828. The van der Waals surface area contributed by atoms with Gasteiger partial charge in [0.15, 0.2) is 0 Å². The molecule has 110 valence electrons. The molecule has 2 fully saturated rings. The van der Waals surface area contributed by atoms with Gasteiger partial charge in [-0.3, -0.25) is 9.69 Å². The third kappa shape index (κ3) is 4.46. The first kappa shape index (κ1) is 14.8. The molecule has 0 aromatic carbocycles. The lowest BCUT2D eigenvalue weighted by Gasteiger charge is -2.31. The maximum Gasteiger partial charge on any atom is 0.234 e. The number of amides is 1. The highest BCUT2D eigenvalue weighted by Crippen LogP contribution is 2.29. The van der Waals surface area contributed by atoms with Crippen molar-refractivity contribution in [3.05, 3.63) is 0 Å². The van der Waals surface area contributed by atoms with Gasteiger partial charge in [-0.15, -0.1) is 0 Å². The molecule has 0 atom stereocenters. The maximum absolute atomic E-state index is 12.3. The van der Waals surface area contributed by atoms with Gasteiger partial charge in [0, 0.05) is 7.11 Å². The van der Waals surface area contributed by atoms with Crippen LogP contribution < -0.4 is 5.32 Å². The van der Waals surface area contributed by atoms with E-state index in [9.17, 15) is 4.79 Å². The lowest BCUT2D eigenvalue weighted by molar-refractivity contribution is -0.124. The molecule has 2 aliphatic rings. The van der Waals surface area contributed by atoms with Gasteiger partial charge in [0.2, 0.25) is 5.91 Å². The molecule has 0 spiro atoms. The minimum atomic E-state index is -0.0856. The van der Waals surface area contributed by atoms with Crippen molar-refractivity contribution in [1.82, 2.24) is 10.2 Å². The Labute approximate surface area is 116 Å². The zero-order chi connectivity index (χ0) is 13.6. The van der Waals surface area contributed by atoms with Crippen molar-refractivity contribution in [3.63, 3.8) is 0 Å². The van der Waals surface area contributed by atoms with Crippen molar-refractivity contribution in [1.29, 1.82) is 0 Å². The van der Waals surface area contributed by atoms with Crippen LogP contribution in [0.2, 0.25) is 0 Å². The van der Waals surface area contributed by atoms with E-state index in [2.05, 4.69) is 10.2 Å². The first-order chi connectivity index (χ1) is 9.24. The predicted molar refractivity (Wildman–Crippen MR) is 76.1 cm³/mol. The third-order valence-electron chi connectivity index (χ3n) is 4.45. The average molecular weight is 268 g/mol. The van der Waals surface area contributed by atoms with Crippen LogP contribution in [-0.2, 0) is 9.53 Å². The molecule has 1 N–H and O–H groups in total. The molecular formula is C15H28N2O2. The molecule has 1 saturated heterocycles. The van der Waals surface area contributed by atoms with Gasteiger partial charge in [-0.05, 0) is 38.8 Å². The summed E-state index contributed by atoms with van der Waals surface area (Å²) < 4.78 is 5.31. The molecule has 0 radical (unpaired) electrons. The summed E-state index contributed by atoms with van der Waals surface area (Å²) in [5.41, 5.74) is -0.0856. The van der Waals surface area contributed by atoms with Crippen LogP contribution in [0.15, 0.2) is 0 Å². The number of hydrogen-bond donors (Lipinski definition) is 1. The molecule has 4 heteroatoms. The summed E-state index contributed by atoms with van der Waals surface area (Å²) in [7, 11) is 1.72. The maximum atomic E-state index is 12.3. The second-order valence-corrected chi connectivity index (χ2v) is 6.16. The molecule has 0 aromatic rings. The molecule has 1 amide bonds. The number of rotatable bonds is 5. The molecule has 4 nitrogen and oxygen atoms in total. The van der Waals surface area contributed by atoms with Crippen molar-refractivity contribution in [2.45, 2.75) is 56.9 Å². The Kier molecular flexibility index (Phi) is 5.64. The van der Waals surface area contributed by atoms with E-state index in [4.69, 9.17) is 4.74 Å². The van der Waals surface area contributed by atoms with Crippen LogP contribution in [-0.4, -0.2) is 49.7 Å². The van der Waals surface area contributed by atoms with Crippen LogP contribution in [0, 0.1) is 0 Å². The number of carbonyl (C=O) groups excluding carboxylic acids is 1. The van der Waals surface area contributed by atoms with Gasteiger partial charge in [-0.2, -0.15) is 0 Å². The molecular weight excluding hydrogens is 240 g/mol. The van der Waals surface area contributed by atoms with Crippen LogP contribution in [0.25, 0.3) is 0 Å². The molecule has 1 saturated carbocycles. The summed E-state index contributed by atoms with van der Waals surface area (Å²) in [5, 5.41) is 3.26. The van der Waals surface area contributed by atoms with Gasteiger partial charge in [0.05, 0.1) is 18.7 Å². The normalized spacial score (nSPS) is 24.1. The van der Waals surface area contributed by atoms with Gasteiger partial charge in [-0.25, -0.2) is 0 Å². The Morgan fingerprint density at radius 1 is 1.11 bits per heavy atom. The molecule has 1 aliphatic carbocycles. The Morgan fingerprint density at radius 2 is 1.74 bits per heavy atom. The fourth-order valence-electron chi connectivity index (χ4n) is 3.47. The Morgan fingerprint density at radius 3 is 2.32 bits per heavy atom. The van der Waals surface area contributed by atoms with Crippen molar-refractivity contribution < 1.29 is 9.53 Å². The molecule has 0 aromatic heterocycles. The second-order valence-electron chi connectivity index (χ2n) is 6.16. The number of likely N-dealkylation sites (tertiary alicyclic amines) is 1. The SMILES string of the molecule is COCC1(NC(=O)CN2CCCCCC2)CCCC1. The van der Waals surface area contributed by atoms with E-state index in [1.165, 1.54) is 38.5 Å². The Balaban J connectivity index is 1.81. The highest BCUT2D eigenvalue weighted by Gasteiger charge is 2.35. The Bertz CT molecular complexity index is 280. The molecule has 0 unspecified atom stereocenters. The Hall–Kier alpha value is -0.610. The van der Waals surface area contributed by atoms with Crippen LogP contribution in [0.5, 0.6) is 0 Å². The molecule has 1 aliphatic heterocycles. The fourth-order valence-corrected chi connectivity index (χ4v) is 3.47. The second kappa shape index (κ2) is 7.25. The van der Waals surface area contributed by atoms with E-state index in [0.29, 0.717) is 13.2 Å². The van der Waals surface area contributed by atoms with E-state index in [-0.39, 0.29) is 11.4 Å². The average Bonchev–Trinajstić information content (AvgIpc) is 2.67. The number of nitrogens with one attached hydrogen (secondary N) is 1. The number of carbonyl (C=O) groups is 1. The van der Waals surface area contributed by atoms with Crippen LogP contribution >= 0.6 is 0 Å². The smallest absolute Gasteiger partial charge is 0.234 e. The highest BCUT2D eigenvalue weighted by molar-refractivity contribution is 5.79. The minimum Gasteiger partial charge on any atom is -0.382 e. The minimum absolute atomic E-state index is 0.0856. The van der Waals surface area contributed by atoms with E-state index in [1.54, 1.807) is 7.11 Å². The topological polar surface area (TPSA) is 41.6 Å². The summed E-state index contributed by atoms with van der Waals surface area (Å²) in [6, 6.07) is 0. The monoisotopic (exact) mass is 268 g/mol. The van der Waals surface area contributed by atoms with E-state index >= 15 is 0 Å². The van der Waals surface area contributed by atoms with Crippen LogP contribution in [0.3, 0.4) is 0 Å². The van der Waals surface area contributed by atoms with E-state index in [1.807, 2.05) is 0 Å². The van der Waals surface area contributed by atoms with E-state index < -0.39 is 0 Å². The molecule has 19 heavy (non-hydrogen) atoms. The lowest BCUT2D eigenvalue weighted by atomic mass is 9.99. The zero-order valence-electron chi connectivity index (χ0n) is 12.2. The third-order valence-corrected chi connectivity index (χ3v) is 4.45. The van der Waals surface area contributed by atoms with Crippen molar-refractivity contribution >= 4 is 5.91 Å². The summed E-state index contributed by atoms with van der Waals surface area (Å²) in [5.74, 6) is 0.181. The highest BCUT2D eigenvalue weighted by atomic mass is 16.5. The molecule has 2 rings (SSSR count). The van der Waals surface area contributed by atoms with Gasteiger partial charge in [-0.1, -0.05) is 25.7 Å². The number of methoxy groups -OCH3 is 1. The van der Waals surface area contributed by atoms with Crippen molar-refractivity contribution in [2.75, 3.05) is 33.4 Å². The predicted octanol–water partition coefficient (Wildman–Crippen LogP) is 1.94. The van der Waals surface area contributed by atoms with Crippen LogP contribution in [0.4, 0.5) is 0 Å². The van der Waals surface area contributed by atoms with Gasteiger partial charge < -0.3 is 10.1 Å². The largest absolute Gasteiger partial charge is 0.382 e. The molecule has 0 bridgehead atoms. The van der Waals surface area contributed by atoms with Gasteiger partial charge in [0.1, 0.15) is 0 Å². The lowest BCUT2D eigenvalue weighted by Crippen LogP contribution is -2.52.